The molecule has 0 saturated heterocycles. The third-order valence-electron chi connectivity index (χ3n) is 6.52. The summed E-state index contributed by atoms with van der Waals surface area (Å²) in [7, 11) is 0. The lowest BCUT2D eigenvalue weighted by atomic mass is 10.2. The molecule has 44 heavy (non-hydrogen) atoms. The van der Waals surface area contributed by atoms with Gasteiger partial charge in [-0.25, -0.2) is 19.6 Å². The summed E-state index contributed by atoms with van der Waals surface area (Å²) in [6, 6.07) is 19.3. The van der Waals surface area contributed by atoms with E-state index in [1.54, 1.807) is 36.4 Å². The van der Waals surface area contributed by atoms with E-state index >= 15 is 0 Å². The maximum atomic E-state index is 11.0. The number of hydrogen-bond acceptors (Lipinski definition) is 8. The number of carboxylic acid groups (broad SMARTS) is 2. The number of benzene rings is 4. The highest BCUT2D eigenvalue weighted by Gasteiger charge is 2.13. The summed E-state index contributed by atoms with van der Waals surface area (Å²) < 4.78 is 10.7. The van der Waals surface area contributed by atoms with Gasteiger partial charge in [-0.1, -0.05) is 0 Å². The van der Waals surface area contributed by atoms with Gasteiger partial charge >= 0.3 is 11.9 Å². The molecule has 4 aromatic carbocycles. The molecule has 0 unspecified atom stereocenters. The zero-order valence-electron chi connectivity index (χ0n) is 23.7. The molecular weight excluding hydrogens is 568 g/mol. The molecular formula is C32H28N4O8. The first-order chi connectivity index (χ1) is 21.2. The number of nitrogens with zero attached hydrogens (tertiary/aromatic N) is 2. The molecule has 0 aliphatic heterocycles. The first-order valence-electron chi connectivity index (χ1n) is 13.5. The van der Waals surface area contributed by atoms with Crippen molar-refractivity contribution in [3.8, 4) is 45.8 Å². The number of carbonyl (C=O) groups is 2. The van der Waals surface area contributed by atoms with Gasteiger partial charge in [0.2, 0.25) is 0 Å². The van der Waals surface area contributed by atoms with Crippen LogP contribution in [-0.4, -0.2) is 65.5 Å². The monoisotopic (exact) mass is 596 g/mol. The molecule has 0 aliphatic carbocycles. The fourth-order valence-electron chi connectivity index (χ4n) is 4.42. The van der Waals surface area contributed by atoms with Crippen LogP contribution in [0.4, 0.5) is 0 Å². The Morgan fingerprint density at radius 1 is 0.636 bits per heavy atom. The number of phenolic OH excluding ortho intramolecular Hbond substituents is 2. The second kappa shape index (κ2) is 12.4. The highest BCUT2D eigenvalue weighted by atomic mass is 16.5. The zero-order valence-corrected chi connectivity index (χ0v) is 23.7. The predicted molar refractivity (Wildman–Crippen MR) is 163 cm³/mol. The first kappa shape index (κ1) is 29.5. The zero-order chi connectivity index (χ0) is 31.4. The van der Waals surface area contributed by atoms with Crippen molar-refractivity contribution in [1.29, 1.82) is 0 Å². The average molecular weight is 597 g/mol. The third kappa shape index (κ3) is 6.23. The molecule has 6 rings (SSSR count). The van der Waals surface area contributed by atoms with E-state index in [0.29, 0.717) is 58.4 Å². The number of phenols is 2. The number of carboxylic acids is 2. The summed E-state index contributed by atoms with van der Waals surface area (Å²) in [5.41, 5.74) is 4.51. The standard InChI is InChI=1S/2C16H14N2O4/c2*1-2-22-14-8-9(4-6-13(14)19)15-17-11-5-3-10(16(20)21)7-12(11)18-15/h2*3-8,19H,2H2,1H3,(H,17,18)(H,20,21). The second-order valence-corrected chi connectivity index (χ2v) is 9.48. The highest BCUT2D eigenvalue weighted by Crippen LogP contribution is 2.33. The van der Waals surface area contributed by atoms with Crippen molar-refractivity contribution in [3.05, 3.63) is 83.9 Å². The highest BCUT2D eigenvalue weighted by molar-refractivity contribution is 5.94. The van der Waals surface area contributed by atoms with Gasteiger partial charge < -0.3 is 39.9 Å². The summed E-state index contributed by atoms with van der Waals surface area (Å²) in [6.07, 6.45) is 0. The molecule has 0 bridgehead atoms. The smallest absolute Gasteiger partial charge is 0.335 e. The second-order valence-electron chi connectivity index (χ2n) is 9.48. The quantitative estimate of drug-likeness (QED) is 0.120. The summed E-state index contributed by atoms with van der Waals surface area (Å²) >= 11 is 0. The molecule has 0 amide bonds. The Morgan fingerprint density at radius 2 is 1.05 bits per heavy atom. The van der Waals surface area contributed by atoms with Crippen LogP contribution in [0.3, 0.4) is 0 Å². The number of hydrogen-bond donors (Lipinski definition) is 6. The van der Waals surface area contributed by atoms with E-state index in [-0.39, 0.29) is 22.6 Å². The van der Waals surface area contributed by atoms with E-state index in [1.165, 1.54) is 36.4 Å². The van der Waals surface area contributed by atoms with Crippen molar-refractivity contribution >= 4 is 34.0 Å². The van der Waals surface area contributed by atoms with Crippen LogP contribution in [0.5, 0.6) is 23.0 Å². The van der Waals surface area contributed by atoms with Gasteiger partial charge in [-0.05, 0) is 86.6 Å². The summed E-state index contributed by atoms with van der Waals surface area (Å²) in [6.45, 7) is 4.56. The van der Waals surface area contributed by atoms with Gasteiger partial charge in [0.25, 0.3) is 0 Å². The Bertz CT molecular complexity index is 1850. The van der Waals surface area contributed by atoms with Gasteiger partial charge in [0, 0.05) is 11.1 Å². The van der Waals surface area contributed by atoms with Crippen LogP contribution in [0.15, 0.2) is 72.8 Å². The SMILES string of the molecule is CCOc1cc(-c2nc3ccc(C(=O)O)cc3[nH]2)ccc1O.CCOc1cc(-c2nc3ccc(C(=O)O)cc3[nH]2)ccc1O. The molecule has 0 radical (unpaired) electrons. The van der Waals surface area contributed by atoms with Gasteiger partial charge in [0.1, 0.15) is 11.6 Å². The van der Waals surface area contributed by atoms with Crippen LogP contribution in [-0.2, 0) is 0 Å². The predicted octanol–water partition coefficient (Wildman–Crippen LogP) is 6.06. The summed E-state index contributed by atoms with van der Waals surface area (Å²) in [5, 5.41) is 37.5. The number of aromatic nitrogens is 4. The van der Waals surface area contributed by atoms with Crippen LogP contribution < -0.4 is 9.47 Å². The number of ether oxygens (including phenoxy) is 2. The molecule has 0 fully saturated rings. The third-order valence-corrected chi connectivity index (χ3v) is 6.52. The normalized spacial score (nSPS) is 10.8. The number of imidazole rings is 2. The van der Waals surface area contributed by atoms with Crippen LogP contribution in [0.25, 0.3) is 44.8 Å². The van der Waals surface area contributed by atoms with E-state index in [2.05, 4.69) is 19.9 Å². The molecule has 2 aromatic heterocycles. The number of rotatable bonds is 8. The van der Waals surface area contributed by atoms with Crippen molar-refractivity contribution in [2.24, 2.45) is 0 Å². The first-order valence-corrected chi connectivity index (χ1v) is 13.5. The van der Waals surface area contributed by atoms with Crippen molar-refractivity contribution in [3.63, 3.8) is 0 Å². The lowest BCUT2D eigenvalue weighted by Crippen LogP contribution is -1.94. The van der Waals surface area contributed by atoms with Gasteiger partial charge in [-0.15, -0.1) is 0 Å². The number of aromatic amines is 2. The number of H-pyrrole nitrogens is 2. The lowest BCUT2D eigenvalue weighted by molar-refractivity contribution is 0.0686. The molecule has 2 heterocycles. The van der Waals surface area contributed by atoms with Crippen LogP contribution >= 0.6 is 0 Å². The van der Waals surface area contributed by atoms with Crippen molar-refractivity contribution in [2.45, 2.75) is 13.8 Å². The molecule has 12 nitrogen and oxygen atoms in total. The van der Waals surface area contributed by atoms with E-state index in [0.717, 1.165) is 11.1 Å². The van der Waals surface area contributed by atoms with E-state index in [4.69, 9.17) is 19.7 Å². The Morgan fingerprint density at radius 3 is 1.41 bits per heavy atom. The minimum atomic E-state index is -0.985. The van der Waals surface area contributed by atoms with Crippen LogP contribution in [0, 0.1) is 0 Å². The average Bonchev–Trinajstić information content (AvgIpc) is 3.63. The molecule has 0 spiro atoms. The Kier molecular flexibility index (Phi) is 8.33. The molecule has 6 aromatic rings. The number of aromatic carboxylic acids is 2. The van der Waals surface area contributed by atoms with E-state index in [1.807, 2.05) is 13.8 Å². The van der Waals surface area contributed by atoms with Gasteiger partial charge in [0.05, 0.1) is 46.4 Å². The fraction of sp³-hybridized carbons (Fsp3) is 0.125. The maximum absolute atomic E-state index is 11.0. The lowest BCUT2D eigenvalue weighted by Gasteiger charge is -2.06. The number of nitrogens with one attached hydrogen (secondary N) is 2. The summed E-state index contributed by atoms with van der Waals surface area (Å²) in [5.74, 6) is 0.0859. The molecule has 12 heteroatoms. The van der Waals surface area contributed by atoms with Crippen molar-refractivity contribution in [2.75, 3.05) is 13.2 Å². The summed E-state index contributed by atoms with van der Waals surface area (Å²) in [4.78, 5) is 37.0. The topological polar surface area (TPSA) is 191 Å². The minimum Gasteiger partial charge on any atom is -0.504 e. The van der Waals surface area contributed by atoms with Crippen molar-refractivity contribution in [1.82, 2.24) is 19.9 Å². The van der Waals surface area contributed by atoms with Gasteiger partial charge in [-0.2, -0.15) is 0 Å². The Hall–Kier alpha value is -6.04. The van der Waals surface area contributed by atoms with Crippen molar-refractivity contribution < 1.29 is 39.5 Å². The molecule has 0 aliphatic rings. The molecule has 6 N–H and O–H groups in total. The minimum absolute atomic E-state index is 0.0647. The van der Waals surface area contributed by atoms with Crippen LogP contribution in [0.2, 0.25) is 0 Å². The van der Waals surface area contributed by atoms with E-state index < -0.39 is 11.9 Å². The molecule has 224 valence electrons. The molecule has 0 atom stereocenters. The fourth-order valence-corrected chi connectivity index (χ4v) is 4.42. The Labute approximate surface area is 250 Å². The van der Waals surface area contributed by atoms with Gasteiger partial charge in [0.15, 0.2) is 23.0 Å². The number of aromatic hydroxyl groups is 2. The maximum Gasteiger partial charge on any atom is 0.335 e. The largest absolute Gasteiger partial charge is 0.504 e. The van der Waals surface area contributed by atoms with Crippen LogP contribution in [0.1, 0.15) is 34.6 Å². The molecule has 0 saturated carbocycles. The van der Waals surface area contributed by atoms with E-state index in [9.17, 15) is 19.8 Å². The van der Waals surface area contributed by atoms with Gasteiger partial charge in [-0.3, -0.25) is 0 Å². The number of fused-ring (bicyclic) bond motifs is 2. The Balaban J connectivity index is 0.000000175.